The van der Waals surface area contributed by atoms with Gasteiger partial charge in [0.2, 0.25) is 17.7 Å². The van der Waals surface area contributed by atoms with Crippen LogP contribution in [-0.4, -0.2) is 24.3 Å². The Morgan fingerprint density at radius 2 is 1.81 bits per heavy atom. The number of para-hydroxylation sites is 1. The zero-order chi connectivity index (χ0) is 22.4. The number of carbonyl (C=O) groups is 1. The first kappa shape index (κ1) is 22.2. The van der Waals surface area contributed by atoms with Gasteiger partial charge in [-0.2, -0.15) is 4.98 Å². The normalized spacial score (nSPS) is 11.3. The molecule has 1 amide bonds. The van der Waals surface area contributed by atoms with Crippen LogP contribution >= 0.6 is 0 Å². The van der Waals surface area contributed by atoms with Gasteiger partial charge in [0.15, 0.2) is 0 Å². The number of nitrogens with one attached hydrogen (secondary N) is 1. The molecular formula is C22H24N4O4S. The van der Waals surface area contributed by atoms with Crippen molar-refractivity contribution in [2.45, 2.75) is 31.6 Å². The SMILES string of the molecule is CC(C)CCC(=O)NS(=O)(=O)c1cccc(-c2cc(Oc3ccccc3)nc(N)n2)c1. The molecule has 1 heterocycles. The first-order chi connectivity index (χ1) is 14.7. The summed E-state index contributed by atoms with van der Waals surface area (Å²) in [6, 6.07) is 16.7. The van der Waals surface area contributed by atoms with Crippen molar-refractivity contribution in [3.05, 3.63) is 60.7 Å². The zero-order valence-corrected chi connectivity index (χ0v) is 18.1. The second-order valence-corrected chi connectivity index (χ2v) is 9.04. The van der Waals surface area contributed by atoms with Crippen molar-refractivity contribution in [2.75, 3.05) is 5.73 Å². The summed E-state index contributed by atoms with van der Waals surface area (Å²) in [5.74, 6) is 0.547. The number of sulfonamides is 1. The van der Waals surface area contributed by atoms with E-state index < -0.39 is 15.9 Å². The van der Waals surface area contributed by atoms with Crippen molar-refractivity contribution in [3.63, 3.8) is 0 Å². The molecule has 3 aromatic rings. The number of nitrogen functional groups attached to an aromatic ring is 1. The van der Waals surface area contributed by atoms with E-state index in [9.17, 15) is 13.2 Å². The van der Waals surface area contributed by atoms with Gasteiger partial charge in [-0.15, -0.1) is 0 Å². The molecule has 0 saturated carbocycles. The maximum atomic E-state index is 12.6. The third-order valence-corrected chi connectivity index (χ3v) is 5.69. The average Bonchev–Trinajstić information content (AvgIpc) is 2.72. The minimum absolute atomic E-state index is 0.0151. The molecule has 8 nitrogen and oxygen atoms in total. The molecule has 0 aliphatic heterocycles. The van der Waals surface area contributed by atoms with Crippen LogP contribution in [0.3, 0.4) is 0 Å². The summed E-state index contributed by atoms with van der Waals surface area (Å²) in [5.41, 5.74) is 6.70. The summed E-state index contributed by atoms with van der Waals surface area (Å²) < 4.78 is 33.1. The molecule has 3 N–H and O–H groups in total. The van der Waals surface area contributed by atoms with E-state index in [2.05, 4.69) is 14.7 Å². The first-order valence-electron chi connectivity index (χ1n) is 9.76. The van der Waals surface area contributed by atoms with Gasteiger partial charge in [-0.1, -0.05) is 44.2 Å². The van der Waals surface area contributed by atoms with E-state index in [0.717, 1.165) is 0 Å². The molecule has 0 fully saturated rings. The molecule has 3 rings (SSSR count). The Kier molecular flexibility index (Phi) is 6.86. The maximum Gasteiger partial charge on any atom is 0.264 e. The summed E-state index contributed by atoms with van der Waals surface area (Å²) in [7, 11) is -4.01. The molecular weight excluding hydrogens is 416 g/mol. The molecule has 0 radical (unpaired) electrons. The minimum atomic E-state index is -4.01. The third-order valence-electron chi connectivity index (χ3n) is 4.32. The number of hydrogen-bond donors (Lipinski definition) is 2. The van der Waals surface area contributed by atoms with Crippen LogP contribution in [0.2, 0.25) is 0 Å². The fraction of sp³-hybridized carbons (Fsp3) is 0.227. The van der Waals surface area contributed by atoms with Gasteiger partial charge in [0, 0.05) is 18.1 Å². The van der Waals surface area contributed by atoms with Crippen molar-refractivity contribution >= 4 is 21.9 Å². The van der Waals surface area contributed by atoms with E-state index in [-0.39, 0.29) is 23.1 Å². The lowest BCUT2D eigenvalue weighted by molar-refractivity contribution is -0.119. The van der Waals surface area contributed by atoms with Crippen LogP contribution in [0, 0.1) is 5.92 Å². The fourth-order valence-corrected chi connectivity index (χ4v) is 3.81. The number of benzene rings is 2. The number of hydrogen-bond acceptors (Lipinski definition) is 7. The van der Waals surface area contributed by atoms with Crippen LogP contribution in [0.1, 0.15) is 26.7 Å². The van der Waals surface area contributed by atoms with Gasteiger partial charge in [0.25, 0.3) is 10.0 Å². The number of anilines is 1. The van der Waals surface area contributed by atoms with Crippen molar-refractivity contribution in [3.8, 4) is 22.9 Å². The molecule has 31 heavy (non-hydrogen) atoms. The van der Waals surface area contributed by atoms with Gasteiger partial charge >= 0.3 is 0 Å². The van der Waals surface area contributed by atoms with Crippen molar-refractivity contribution in [1.29, 1.82) is 0 Å². The Bertz CT molecular complexity index is 1170. The van der Waals surface area contributed by atoms with Crippen LogP contribution in [0.4, 0.5) is 5.95 Å². The average molecular weight is 441 g/mol. The quantitative estimate of drug-likeness (QED) is 0.546. The van der Waals surface area contributed by atoms with Gasteiger partial charge in [0.1, 0.15) is 5.75 Å². The van der Waals surface area contributed by atoms with E-state index in [1.165, 1.54) is 12.1 Å². The van der Waals surface area contributed by atoms with Crippen LogP contribution in [0.15, 0.2) is 65.6 Å². The molecule has 0 aliphatic rings. The molecule has 9 heteroatoms. The highest BCUT2D eigenvalue weighted by atomic mass is 32.2. The predicted octanol–water partition coefficient (Wildman–Crippen LogP) is 3.76. The summed E-state index contributed by atoms with van der Waals surface area (Å²) in [5, 5.41) is 0. The van der Waals surface area contributed by atoms with Crippen LogP contribution < -0.4 is 15.2 Å². The van der Waals surface area contributed by atoms with Gasteiger partial charge in [-0.3, -0.25) is 4.79 Å². The van der Waals surface area contributed by atoms with Gasteiger partial charge in [-0.05, 0) is 36.6 Å². The predicted molar refractivity (Wildman–Crippen MR) is 118 cm³/mol. The number of aromatic nitrogens is 2. The Labute approximate surface area is 181 Å². The molecule has 0 aliphatic carbocycles. The molecule has 0 bridgehead atoms. The van der Waals surface area contributed by atoms with Crippen molar-refractivity contribution < 1.29 is 17.9 Å². The number of amides is 1. The Morgan fingerprint density at radius 3 is 2.52 bits per heavy atom. The summed E-state index contributed by atoms with van der Waals surface area (Å²) in [6.45, 7) is 3.93. The van der Waals surface area contributed by atoms with Gasteiger partial charge < -0.3 is 10.5 Å². The third kappa shape index (κ3) is 6.26. The standard InChI is InChI=1S/C22H24N4O4S/c1-15(2)11-12-20(27)26-31(28,29)18-10-6-7-16(13-18)19-14-21(25-22(23)24-19)30-17-8-4-3-5-9-17/h3-10,13-15H,11-12H2,1-2H3,(H,26,27)(H2,23,24,25). The summed E-state index contributed by atoms with van der Waals surface area (Å²) in [6.07, 6.45) is 0.741. The first-order valence-corrected chi connectivity index (χ1v) is 11.2. The number of rotatable bonds is 8. The molecule has 1 aromatic heterocycles. The maximum absolute atomic E-state index is 12.6. The highest BCUT2D eigenvalue weighted by Gasteiger charge is 2.19. The van der Waals surface area contributed by atoms with E-state index in [4.69, 9.17) is 10.5 Å². The van der Waals surface area contributed by atoms with E-state index in [1.807, 2.05) is 32.0 Å². The fourth-order valence-electron chi connectivity index (χ4n) is 2.75. The number of carbonyl (C=O) groups excluding carboxylic acids is 1. The molecule has 0 saturated heterocycles. The molecule has 2 aromatic carbocycles. The summed E-state index contributed by atoms with van der Waals surface area (Å²) in [4.78, 5) is 20.2. The molecule has 162 valence electrons. The lowest BCUT2D eigenvalue weighted by atomic mass is 10.1. The monoisotopic (exact) mass is 440 g/mol. The largest absolute Gasteiger partial charge is 0.439 e. The molecule has 0 unspecified atom stereocenters. The molecule has 0 spiro atoms. The van der Waals surface area contributed by atoms with Gasteiger partial charge in [-0.25, -0.2) is 18.1 Å². The van der Waals surface area contributed by atoms with Crippen LogP contribution in [-0.2, 0) is 14.8 Å². The Balaban J connectivity index is 1.85. The lowest BCUT2D eigenvalue weighted by Gasteiger charge is -2.10. The minimum Gasteiger partial charge on any atom is -0.439 e. The Morgan fingerprint density at radius 1 is 1.06 bits per heavy atom. The number of nitrogens with zero attached hydrogens (tertiary/aromatic N) is 2. The highest BCUT2D eigenvalue weighted by Crippen LogP contribution is 2.27. The second kappa shape index (κ2) is 9.57. The van der Waals surface area contributed by atoms with Crippen LogP contribution in [0.25, 0.3) is 11.3 Å². The van der Waals surface area contributed by atoms with Crippen LogP contribution in [0.5, 0.6) is 11.6 Å². The highest BCUT2D eigenvalue weighted by molar-refractivity contribution is 7.90. The second-order valence-electron chi connectivity index (χ2n) is 7.35. The summed E-state index contributed by atoms with van der Waals surface area (Å²) >= 11 is 0. The number of ether oxygens (including phenoxy) is 1. The van der Waals surface area contributed by atoms with Crippen molar-refractivity contribution in [1.82, 2.24) is 14.7 Å². The van der Waals surface area contributed by atoms with Crippen molar-refractivity contribution in [2.24, 2.45) is 5.92 Å². The number of nitrogens with two attached hydrogens (primary N) is 1. The van der Waals surface area contributed by atoms with E-state index in [0.29, 0.717) is 29.3 Å². The van der Waals surface area contributed by atoms with E-state index in [1.54, 1.807) is 30.3 Å². The smallest absolute Gasteiger partial charge is 0.264 e. The topological polar surface area (TPSA) is 124 Å². The Hall–Kier alpha value is -3.46. The lowest BCUT2D eigenvalue weighted by Crippen LogP contribution is -2.30. The molecule has 0 atom stereocenters. The zero-order valence-electron chi connectivity index (χ0n) is 17.3. The van der Waals surface area contributed by atoms with E-state index >= 15 is 0 Å². The van der Waals surface area contributed by atoms with Gasteiger partial charge in [0.05, 0.1) is 10.6 Å².